The first kappa shape index (κ1) is 9.15. The minimum Gasteiger partial charge on any atom is -0.354 e. The zero-order valence-electron chi connectivity index (χ0n) is 7.81. The van der Waals surface area contributed by atoms with Crippen LogP contribution in [-0.2, 0) is 4.79 Å². The number of hydrogen-bond acceptors (Lipinski definition) is 3. The fraction of sp³-hybridized carbons (Fsp3) is 0.400. The van der Waals surface area contributed by atoms with E-state index in [1.807, 2.05) is 12.1 Å². The third-order valence-electron chi connectivity index (χ3n) is 2.58. The van der Waals surface area contributed by atoms with E-state index in [2.05, 4.69) is 10.3 Å². The molecule has 1 amide bonds. The summed E-state index contributed by atoms with van der Waals surface area (Å²) in [6, 6.07) is 3.56. The molecule has 4 nitrogen and oxygen atoms in total. The van der Waals surface area contributed by atoms with Gasteiger partial charge in [0.25, 0.3) is 0 Å². The van der Waals surface area contributed by atoms with Gasteiger partial charge in [-0.1, -0.05) is 0 Å². The third kappa shape index (κ3) is 1.75. The van der Waals surface area contributed by atoms with Gasteiger partial charge in [-0.15, -0.1) is 0 Å². The van der Waals surface area contributed by atoms with Gasteiger partial charge in [0.15, 0.2) is 0 Å². The zero-order chi connectivity index (χ0) is 9.97. The number of carbonyl (C=O) groups excluding carboxylic acids is 1. The van der Waals surface area contributed by atoms with E-state index in [1.54, 1.807) is 12.4 Å². The molecule has 3 N–H and O–H groups in total. The van der Waals surface area contributed by atoms with Gasteiger partial charge in [-0.2, -0.15) is 0 Å². The molecule has 0 aromatic carbocycles. The molecule has 1 saturated heterocycles. The van der Waals surface area contributed by atoms with Crippen LogP contribution in [0.25, 0.3) is 0 Å². The van der Waals surface area contributed by atoms with Crippen molar-refractivity contribution in [3.8, 4) is 0 Å². The Labute approximate surface area is 82.5 Å². The van der Waals surface area contributed by atoms with Crippen molar-refractivity contribution in [3.63, 3.8) is 0 Å². The van der Waals surface area contributed by atoms with Crippen LogP contribution in [0.15, 0.2) is 24.5 Å². The van der Waals surface area contributed by atoms with Gasteiger partial charge in [0.1, 0.15) is 0 Å². The highest BCUT2D eigenvalue weighted by Gasteiger charge is 2.26. The van der Waals surface area contributed by atoms with Gasteiger partial charge in [0.2, 0.25) is 5.91 Å². The van der Waals surface area contributed by atoms with Gasteiger partial charge in [-0.25, -0.2) is 0 Å². The second-order valence-corrected chi connectivity index (χ2v) is 3.56. The molecule has 0 bridgehead atoms. The van der Waals surface area contributed by atoms with Crippen molar-refractivity contribution < 1.29 is 4.79 Å². The van der Waals surface area contributed by atoms with Crippen LogP contribution in [0.3, 0.4) is 0 Å². The van der Waals surface area contributed by atoms with Gasteiger partial charge >= 0.3 is 0 Å². The Balaban J connectivity index is 2.11. The molecule has 74 valence electrons. The van der Waals surface area contributed by atoms with E-state index < -0.39 is 0 Å². The zero-order valence-corrected chi connectivity index (χ0v) is 7.81. The molecular formula is C10H13N3O. The average Bonchev–Trinajstić information content (AvgIpc) is 2.23. The lowest BCUT2D eigenvalue weighted by Gasteiger charge is -2.26. The maximum Gasteiger partial charge on any atom is 0.236 e. The standard InChI is InChI=1S/C10H13N3O/c11-9-5-8(6-13-10(9)14)7-1-3-12-4-2-7/h1-4,8-9H,5-6,11H2,(H,13,14). The second kappa shape index (κ2) is 3.75. The summed E-state index contributed by atoms with van der Waals surface area (Å²) >= 11 is 0. The molecule has 0 radical (unpaired) electrons. The fourth-order valence-corrected chi connectivity index (χ4v) is 1.74. The summed E-state index contributed by atoms with van der Waals surface area (Å²) in [5, 5.41) is 2.80. The molecule has 0 aliphatic carbocycles. The fourth-order valence-electron chi connectivity index (χ4n) is 1.74. The molecule has 1 aliphatic heterocycles. The summed E-state index contributed by atoms with van der Waals surface area (Å²) in [5.74, 6) is 0.279. The molecule has 1 aromatic heterocycles. The van der Waals surface area contributed by atoms with Crippen LogP contribution >= 0.6 is 0 Å². The molecule has 2 unspecified atom stereocenters. The van der Waals surface area contributed by atoms with Crippen LogP contribution in [0.5, 0.6) is 0 Å². The monoisotopic (exact) mass is 191 g/mol. The lowest BCUT2D eigenvalue weighted by molar-refractivity contribution is -0.123. The van der Waals surface area contributed by atoms with Crippen molar-refractivity contribution in [3.05, 3.63) is 30.1 Å². The van der Waals surface area contributed by atoms with E-state index >= 15 is 0 Å². The van der Waals surface area contributed by atoms with Crippen molar-refractivity contribution in [1.82, 2.24) is 10.3 Å². The highest BCUT2D eigenvalue weighted by atomic mass is 16.2. The molecule has 0 saturated carbocycles. The minimum atomic E-state index is -0.373. The number of piperidine rings is 1. The lowest BCUT2D eigenvalue weighted by Crippen LogP contribution is -2.48. The normalized spacial score (nSPS) is 27.1. The van der Waals surface area contributed by atoms with Crippen molar-refractivity contribution >= 4 is 5.91 Å². The average molecular weight is 191 g/mol. The van der Waals surface area contributed by atoms with Crippen LogP contribution in [0.1, 0.15) is 17.9 Å². The van der Waals surface area contributed by atoms with Gasteiger partial charge < -0.3 is 11.1 Å². The molecule has 4 heteroatoms. The number of rotatable bonds is 1. The summed E-state index contributed by atoms with van der Waals surface area (Å²) in [5.41, 5.74) is 6.87. The van der Waals surface area contributed by atoms with Crippen molar-refractivity contribution in [2.75, 3.05) is 6.54 Å². The van der Waals surface area contributed by atoms with Gasteiger partial charge in [-0.3, -0.25) is 9.78 Å². The molecule has 14 heavy (non-hydrogen) atoms. The Bertz CT molecular complexity index is 325. The third-order valence-corrected chi connectivity index (χ3v) is 2.58. The second-order valence-electron chi connectivity index (χ2n) is 3.56. The topological polar surface area (TPSA) is 68.0 Å². The first-order chi connectivity index (χ1) is 6.77. The van der Waals surface area contributed by atoms with E-state index in [0.717, 1.165) is 6.42 Å². The quantitative estimate of drug-likeness (QED) is 0.657. The number of nitrogens with zero attached hydrogens (tertiary/aromatic N) is 1. The van der Waals surface area contributed by atoms with Crippen LogP contribution < -0.4 is 11.1 Å². The smallest absolute Gasteiger partial charge is 0.236 e. The Hall–Kier alpha value is -1.42. The molecule has 0 spiro atoms. The minimum absolute atomic E-state index is 0.0460. The Morgan fingerprint density at radius 2 is 2.14 bits per heavy atom. The number of aromatic nitrogens is 1. The highest BCUT2D eigenvalue weighted by Crippen LogP contribution is 2.21. The summed E-state index contributed by atoms with van der Waals surface area (Å²) in [4.78, 5) is 15.1. The molecule has 1 aliphatic rings. The number of hydrogen-bond donors (Lipinski definition) is 2. The number of amides is 1. The van der Waals surface area contributed by atoms with E-state index in [-0.39, 0.29) is 11.9 Å². The Kier molecular flexibility index (Phi) is 2.45. The molecule has 1 aromatic rings. The first-order valence-corrected chi connectivity index (χ1v) is 4.70. The predicted octanol–water partition coefficient (Wildman–Crippen LogP) is 0.0124. The predicted molar refractivity (Wildman–Crippen MR) is 52.6 cm³/mol. The number of pyridine rings is 1. The molecule has 2 heterocycles. The van der Waals surface area contributed by atoms with E-state index in [1.165, 1.54) is 5.56 Å². The van der Waals surface area contributed by atoms with Crippen molar-refractivity contribution in [2.24, 2.45) is 5.73 Å². The van der Waals surface area contributed by atoms with Crippen LogP contribution in [0, 0.1) is 0 Å². The maximum absolute atomic E-state index is 11.1. The number of nitrogens with two attached hydrogens (primary N) is 1. The van der Waals surface area contributed by atoms with E-state index in [4.69, 9.17) is 5.73 Å². The summed E-state index contributed by atoms with van der Waals surface area (Å²) in [6.45, 7) is 0.677. The summed E-state index contributed by atoms with van der Waals surface area (Å²) in [7, 11) is 0. The van der Waals surface area contributed by atoms with E-state index in [9.17, 15) is 4.79 Å². The number of carbonyl (C=O) groups is 1. The van der Waals surface area contributed by atoms with E-state index in [0.29, 0.717) is 12.5 Å². The van der Waals surface area contributed by atoms with Gasteiger partial charge in [0.05, 0.1) is 6.04 Å². The SMILES string of the molecule is NC1CC(c2ccncc2)CNC1=O. The Morgan fingerprint density at radius 1 is 1.43 bits per heavy atom. The van der Waals surface area contributed by atoms with Gasteiger partial charge in [-0.05, 0) is 24.1 Å². The molecular weight excluding hydrogens is 178 g/mol. The van der Waals surface area contributed by atoms with Crippen molar-refractivity contribution in [1.29, 1.82) is 0 Å². The largest absolute Gasteiger partial charge is 0.354 e. The van der Waals surface area contributed by atoms with Gasteiger partial charge in [0, 0.05) is 24.9 Å². The number of nitrogens with one attached hydrogen (secondary N) is 1. The highest BCUT2D eigenvalue weighted by molar-refractivity contribution is 5.82. The van der Waals surface area contributed by atoms with Crippen LogP contribution in [-0.4, -0.2) is 23.5 Å². The summed E-state index contributed by atoms with van der Waals surface area (Å²) in [6.07, 6.45) is 4.24. The molecule has 2 rings (SSSR count). The Morgan fingerprint density at radius 3 is 2.79 bits per heavy atom. The summed E-state index contributed by atoms with van der Waals surface area (Å²) < 4.78 is 0. The molecule has 1 fully saturated rings. The molecule has 2 atom stereocenters. The van der Waals surface area contributed by atoms with Crippen molar-refractivity contribution in [2.45, 2.75) is 18.4 Å². The van der Waals surface area contributed by atoms with Crippen LogP contribution in [0.4, 0.5) is 0 Å². The van der Waals surface area contributed by atoms with Crippen LogP contribution in [0.2, 0.25) is 0 Å². The maximum atomic E-state index is 11.1. The first-order valence-electron chi connectivity index (χ1n) is 4.70. The lowest BCUT2D eigenvalue weighted by atomic mass is 9.90.